The number of carboxylic acids is 1. The number of thiocarbonyl (C=S) groups is 1. The van der Waals surface area contributed by atoms with Crippen molar-refractivity contribution in [1.82, 2.24) is 5.32 Å². The fourth-order valence-electron chi connectivity index (χ4n) is 4.05. The van der Waals surface area contributed by atoms with Gasteiger partial charge in [-0.15, -0.1) is 12.6 Å². The number of aliphatic carboxylic acids is 1. The molecule has 1 aliphatic heterocycles. The largest absolute Gasteiger partial charge is 0.493 e. The molecule has 0 atom stereocenters. The van der Waals surface area contributed by atoms with Crippen LogP contribution in [0.5, 0.6) is 23.0 Å². The lowest BCUT2D eigenvalue weighted by Crippen LogP contribution is -2.17. The number of carbonyl (C=O) groups excluding carboxylic acids is 1. The zero-order valence-corrected chi connectivity index (χ0v) is 27.5. The number of nitrogens with one attached hydrogen (secondary N) is 1. The normalized spacial score (nSPS) is 13.4. The quantitative estimate of drug-likeness (QED) is 0.0854. The van der Waals surface area contributed by atoms with E-state index in [2.05, 4.69) is 17.9 Å². The van der Waals surface area contributed by atoms with Gasteiger partial charge in [0.25, 0.3) is 5.91 Å². The minimum Gasteiger partial charge on any atom is -0.493 e. The van der Waals surface area contributed by atoms with Crippen molar-refractivity contribution in [3.8, 4) is 23.0 Å². The zero-order chi connectivity index (χ0) is 32.9. The molecule has 4 aromatic rings. The molecule has 0 aromatic heterocycles. The van der Waals surface area contributed by atoms with Gasteiger partial charge in [0, 0.05) is 0 Å². The average Bonchev–Trinajstić information content (AvgIpc) is 3.39. The van der Waals surface area contributed by atoms with Gasteiger partial charge in [-0.2, -0.15) is 0 Å². The van der Waals surface area contributed by atoms with Crippen LogP contribution in [-0.2, 0) is 22.8 Å². The molecular formula is C35H31NO7S3. The van der Waals surface area contributed by atoms with E-state index in [4.69, 9.17) is 36.3 Å². The van der Waals surface area contributed by atoms with Crippen molar-refractivity contribution in [3.05, 3.63) is 129 Å². The summed E-state index contributed by atoms with van der Waals surface area (Å²) in [6.45, 7) is 0.892. The summed E-state index contributed by atoms with van der Waals surface area (Å²) < 4.78 is 22.7. The molecule has 236 valence electrons. The molecule has 1 heterocycles. The number of benzene rings is 4. The Hall–Kier alpha value is -4.71. The van der Waals surface area contributed by atoms with Gasteiger partial charge in [-0.25, -0.2) is 4.79 Å². The number of hydrogen-bond donors (Lipinski definition) is 3. The van der Waals surface area contributed by atoms with E-state index in [1.54, 1.807) is 31.4 Å². The maximum atomic E-state index is 11.7. The highest BCUT2D eigenvalue weighted by molar-refractivity contribution is 8.26. The number of ether oxygens (including phenoxy) is 4. The SMILES string of the molecule is COc1cc(/C=C(\S)C(=O)O)ccc1OCc1ccccc1.COc1cc(/C=C2\SC(=S)NC2=O)ccc1OCc1ccccc1. The summed E-state index contributed by atoms with van der Waals surface area (Å²) in [5.41, 5.74) is 3.66. The molecule has 1 amide bonds. The monoisotopic (exact) mass is 673 g/mol. The summed E-state index contributed by atoms with van der Waals surface area (Å²) in [5.74, 6) is 1.16. The van der Waals surface area contributed by atoms with E-state index in [9.17, 15) is 9.59 Å². The zero-order valence-electron chi connectivity index (χ0n) is 25.0. The number of rotatable bonds is 11. The van der Waals surface area contributed by atoms with Gasteiger partial charge in [0.15, 0.2) is 23.0 Å². The Labute approximate surface area is 282 Å². The van der Waals surface area contributed by atoms with Crippen LogP contribution in [0.4, 0.5) is 0 Å². The smallest absolute Gasteiger partial charge is 0.341 e. The van der Waals surface area contributed by atoms with Crippen molar-refractivity contribution in [2.75, 3.05) is 14.2 Å². The molecule has 1 saturated heterocycles. The topological polar surface area (TPSA) is 103 Å². The van der Waals surface area contributed by atoms with Crippen LogP contribution >= 0.6 is 36.6 Å². The molecule has 8 nitrogen and oxygen atoms in total. The van der Waals surface area contributed by atoms with Gasteiger partial charge in [-0.3, -0.25) is 4.79 Å². The fraction of sp³-hybridized carbons (Fsp3) is 0.114. The second-order valence-corrected chi connectivity index (χ2v) is 11.8. The number of hydrogen-bond acceptors (Lipinski definition) is 9. The first kappa shape index (κ1) is 34.2. The summed E-state index contributed by atoms with van der Waals surface area (Å²) in [6, 6.07) is 30.5. The third-order valence-corrected chi connectivity index (χ3v) is 7.80. The highest BCUT2D eigenvalue weighted by Gasteiger charge is 2.22. The highest BCUT2D eigenvalue weighted by atomic mass is 32.2. The lowest BCUT2D eigenvalue weighted by molar-refractivity contribution is -0.131. The van der Waals surface area contributed by atoms with Gasteiger partial charge in [0.1, 0.15) is 17.5 Å². The fourth-order valence-corrected chi connectivity index (χ4v) is 5.24. The Morgan fingerprint density at radius 1 is 0.804 bits per heavy atom. The third-order valence-electron chi connectivity index (χ3n) is 6.31. The first-order valence-electron chi connectivity index (χ1n) is 13.8. The van der Waals surface area contributed by atoms with E-state index in [0.717, 1.165) is 16.7 Å². The summed E-state index contributed by atoms with van der Waals surface area (Å²) in [6.07, 6.45) is 3.23. The molecule has 2 N–H and O–H groups in total. The van der Waals surface area contributed by atoms with Gasteiger partial charge in [0.2, 0.25) is 0 Å². The maximum Gasteiger partial charge on any atom is 0.341 e. The van der Waals surface area contributed by atoms with Crippen LogP contribution in [-0.4, -0.2) is 35.5 Å². The van der Waals surface area contributed by atoms with Crippen molar-refractivity contribution in [2.45, 2.75) is 13.2 Å². The van der Waals surface area contributed by atoms with Crippen LogP contribution in [0, 0.1) is 0 Å². The number of amides is 1. The molecule has 0 bridgehead atoms. The van der Waals surface area contributed by atoms with Gasteiger partial charge in [-0.05, 0) is 58.7 Å². The summed E-state index contributed by atoms with van der Waals surface area (Å²) in [4.78, 5) is 23.0. The number of methoxy groups -OCH3 is 2. The molecular weight excluding hydrogens is 643 g/mol. The van der Waals surface area contributed by atoms with Crippen LogP contribution in [0.15, 0.2) is 107 Å². The van der Waals surface area contributed by atoms with Crippen molar-refractivity contribution >= 4 is 65.0 Å². The first-order chi connectivity index (χ1) is 22.2. The van der Waals surface area contributed by atoms with Crippen molar-refractivity contribution in [1.29, 1.82) is 0 Å². The predicted molar refractivity (Wildman–Crippen MR) is 188 cm³/mol. The molecule has 11 heteroatoms. The number of thiol groups is 1. The van der Waals surface area contributed by atoms with Gasteiger partial charge in [-0.1, -0.05) is 96.8 Å². The van der Waals surface area contributed by atoms with E-state index < -0.39 is 5.97 Å². The Balaban J connectivity index is 0.000000210. The summed E-state index contributed by atoms with van der Waals surface area (Å²) in [5, 5.41) is 11.4. The maximum absolute atomic E-state index is 11.7. The second kappa shape index (κ2) is 17.1. The number of thioether (sulfide) groups is 1. The first-order valence-corrected chi connectivity index (χ1v) is 15.5. The van der Waals surface area contributed by atoms with Gasteiger partial charge in [0.05, 0.1) is 24.0 Å². The van der Waals surface area contributed by atoms with Crippen molar-refractivity contribution in [2.24, 2.45) is 0 Å². The van der Waals surface area contributed by atoms with Crippen LogP contribution < -0.4 is 24.3 Å². The number of carboxylic acid groups (broad SMARTS) is 1. The average molecular weight is 674 g/mol. The standard InChI is InChI=1S/C18H15NO3S2.C17H16O4S/c1-21-15-9-13(10-16-17(20)19-18(23)24-16)7-8-14(15)22-11-12-5-3-2-4-6-12;1-20-15-9-13(10-16(22)17(18)19)7-8-14(15)21-11-12-5-3-2-4-6-12/h2-10H,11H2,1H3,(H,19,20,23);2-10,22H,11H2,1H3,(H,18,19)/b2*16-10-. The van der Waals surface area contributed by atoms with E-state index >= 15 is 0 Å². The van der Waals surface area contributed by atoms with Crippen LogP contribution in [0.3, 0.4) is 0 Å². The van der Waals surface area contributed by atoms with E-state index in [-0.39, 0.29) is 10.8 Å². The van der Waals surface area contributed by atoms with Crippen LogP contribution in [0.2, 0.25) is 0 Å². The molecule has 0 unspecified atom stereocenters. The Morgan fingerprint density at radius 3 is 1.76 bits per heavy atom. The second-order valence-electron chi connectivity index (χ2n) is 9.56. The highest BCUT2D eigenvalue weighted by Crippen LogP contribution is 2.32. The van der Waals surface area contributed by atoms with Gasteiger partial charge < -0.3 is 29.4 Å². The van der Waals surface area contributed by atoms with E-state index in [1.165, 1.54) is 24.9 Å². The van der Waals surface area contributed by atoms with E-state index in [1.807, 2.05) is 78.9 Å². The van der Waals surface area contributed by atoms with Crippen LogP contribution in [0.25, 0.3) is 12.2 Å². The Bertz CT molecular complexity index is 1740. The predicted octanol–water partition coefficient (Wildman–Crippen LogP) is 7.39. The third kappa shape index (κ3) is 10.2. The minimum absolute atomic E-state index is 0.0417. The Morgan fingerprint density at radius 2 is 1.30 bits per heavy atom. The Kier molecular flexibility index (Phi) is 12.7. The summed E-state index contributed by atoms with van der Waals surface area (Å²) >= 11 is 10.1. The molecule has 0 aliphatic carbocycles. The molecule has 1 aliphatic rings. The molecule has 5 rings (SSSR count). The molecule has 0 spiro atoms. The molecule has 0 radical (unpaired) electrons. The molecule has 0 saturated carbocycles. The van der Waals surface area contributed by atoms with Crippen LogP contribution in [0.1, 0.15) is 22.3 Å². The summed E-state index contributed by atoms with van der Waals surface area (Å²) in [7, 11) is 3.13. The minimum atomic E-state index is -1.08. The lowest BCUT2D eigenvalue weighted by atomic mass is 10.2. The molecule has 46 heavy (non-hydrogen) atoms. The van der Waals surface area contributed by atoms with E-state index in [0.29, 0.717) is 51.0 Å². The molecule has 4 aromatic carbocycles. The molecule has 1 fully saturated rings. The number of carbonyl (C=O) groups is 2. The van der Waals surface area contributed by atoms with Crippen molar-refractivity contribution in [3.63, 3.8) is 0 Å². The lowest BCUT2D eigenvalue weighted by Gasteiger charge is -2.11. The van der Waals surface area contributed by atoms with Gasteiger partial charge >= 0.3 is 5.97 Å². The van der Waals surface area contributed by atoms with Crippen molar-refractivity contribution < 1.29 is 33.6 Å².